The molecule has 41 heavy (non-hydrogen) atoms. The van der Waals surface area contributed by atoms with E-state index < -0.39 is 21.9 Å². The van der Waals surface area contributed by atoms with Gasteiger partial charge in [-0.3, -0.25) is 9.52 Å². The second-order valence-electron chi connectivity index (χ2n) is 8.67. The Morgan fingerprint density at radius 3 is 2.07 bits per heavy atom. The van der Waals surface area contributed by atoms with Gasteiger partial charge in [-0.15, -0.1) is 0 Å². The minimum atomic E-state index is -3.80. The highest BCUT2D eigenvalue weighted by Crippen LogP contribution is 2.19. The number of esters is 1. The van der Waals surface area contributed by atoms with Gasteiger partial charge in [0.25, 0.3) is 15.9 Å². The molecule has 0 aromatic heterocycles. The topological polar surface area (TPSA) is 123 Å². The second-order valence-corrected chi connectivity index (χ2v) is 10.8. The lowest BCUT2D eigenvalue weighted by molar-refractivity contribution is 0.0734. The molecule has 0 spiro atoms. The molecular weight excluding hydrogens is 566 g/mol. The zero-order valence-corrected chi connectivity index (χ0v) is 23.5. The second kappa shape index (κ2) is 13.6. The number of rotatable bonds is 11. The van der Waals surface area contributed by atoms with Crippen LogP contribution in [-0.4, -0.2) is 33.1 Å². The average molecular weight is 592 g/mol. The Balaban J connectivity index is 1.27. The molecule has 4 aromatic rings. The Hall–Kier alpha value is -4.67. The smallest absolute Gasteiger partial charge is 0.343 e. The van der Waals surface area contributed by atoms with Crippen molar-refractivity contribution in [3.05, 3.63) is 119 Å². The van der Waals surface area contributed by atoms with E-state index in [1.54, 1.807) is 48.5 Å². The number of anilines is 1. The first-order valence-corrected chi connectivity index (χ1v) is 14.4. The highest BCUT2D eigenvalue weighted by atomic mass is 35.5. The summed E-state index contributed by atoms with van der Waals surface area (Å²) in [6.45, 7) is 2.62. The van der Waals surface area contributed by atoms with Crippen molar-refractivity contribution in [2.24, 2.45) is 5.10 Å². The number of halogens is 1. The summed E-state index contributed by atoms with van der Waals surface area (Å²) in [4.78, 5) is 24.9. The number of sulfonamides is 1. The van der Waals surface area contributed by atoms with Gasteiger partial charge in [0.2, 0.25) is 0 Å². The molecule has 0 radical (unpaired) electrons. The number of hydrazone groups is 1. The molecular formula is C30H26ClN3O6S. The Kier molecular flexibility index (Phi) is 9.73. The van der Waals surface area contributed by atoms with Gasteiger partial charge in [-0.05, 0) is 109 Å². The number of nitrogens with one attached hydrogen (secondary N) is 2. The maximum Gasteiger partial charge on any atom is 0.343 e. The molecule has 0 aliphatic carbocycles. The van der Waals surface area contributed by atoms with Gasteiger partial charge in [0, 0.05) is 16.3 Å². The zero-order chi connectivity index (χ0) is 29.2. The van der Waals surface area contributed by atoms with Crippen molar-refractivity contribution in [3.8, 4) is 11.5 Å². The van der Waals surface area contributed by atoms with E-state index in [1.165, 1.54) is 54.7 Å². The summed E-state index contributed by atoms with van der Waals surface area (Å²) in [6, 6.07) is 25.0. The third-order valence-corrected chi connectivity index (χ3v) is 7.21. The predicted molar refractivity (Wildman–Crippen MR) is 157 cm³/mol. The molecule has 210 valence electrons. The molecule has 0 bridgehead atoms. The summed E-state index contributed by atoms with van der Waals surface area (Å²) < 4.78 is 38.4. The van der Waals surface area contributed by atoms with Crippen LogP contribution in [0.4, 0.5) is 5.69 Å². The quantitative estimate of drug-likeness (QED) is 0.0967. The van der Waals surface area contributed by atoms with Crippen LogP contribution >= 0.6 is 11.6 Å². The van der Waals surface area contributed by atoms with Crippen LogP contribution in [0.15, 0.2) is 107 Å². The van der Waals surface area contributed by atoms with E-state index in [4.69, 9.17) is 21.1 Å². The molecule has 1 amide bonds. The number of amides is 1. The van der Waals surface area contributed by atoms with Crippen LogP contribution < -0.4 is 19.6 Å². The summed E-state index contributed by atoms with van der Waals surface area (Å²) in [5.74, 6) is 0.0673. The molecule has 0 aliphatic rings. The van der Waals surface area contributed by atoms with Crippen LogP contribution in [-0.2, 0) is 10.0 Å². The Bertz CT molecular complexity index is 1620. The third kappa shape index (κ3) is 8.41. The number of benzene rings is 4. The molecule has 0 atom stereocenters. The summed E-state index contributed by atoms with van der Waals surface area (Å²) in [5, 5.41) is 4.37. The number of carbonyl (C=O) groups excluding carboxylic acids is 2. The highest BCUT2D eigenvalue weighted by molar-refractivity contribution is 7.92. The van der Waals surface area contributed by atoms with Crippen LogP contribution in [0.25, 0.3) is 0 Å². The molecule has 0 aliphatic heterocycles. The van der Waals surface area contributed by atoms with Crippen molar-refractivity contribution in [1.82, 2.24) is 5.43 Å². The lowest BCUT2D eigenvalue weighted by Gasteiger charge is -2.09. The van der Waals surface area contributed by atoms with E-state index in [0.717, 1.165) is 6.42 Å². The van der Waals surface area contributed by atoms with Crippen molar-refractivity contribution >= 4 is 45.4 Å². The van der Waals surface area contributed by atoms with Gasteiger partial charge in [-0.1, -0.05) is 18.5 Å². The molecule has 0 saturated heterocycles. The summed E-state index contributed by atoms with van der Waals surface area (Å²) in [6.07, 6.45) is 2.33. The molecule has 9 nitrogen and oxygen atoms in total. The minimum absolute atomic E-state index is 0.0623. The van der Waals surface area contributed by atoms with E-state index in [-0.39, 0.29) is 10.5 Å². The summed E-state index contributed by atoms with van der Waals surface area (Å²) >= 11 is 5.81. The van der Waals surface area contributed by atoms with E-state index in [0.29, 0.717) is 39.9 Å². The highest BCUT2D eigenvalue weighted by Gasteiger charge is 2.14. The van der Waals surface area contributed by atoms with Gasteiger partial charge >= 0.3 is 5.97 Å². The fourth-order valence-electron chi connectivity index (χ4n) is 3.44. The van der Waals surface area contributed by atoms with Gasteiger partial charge in [-0.25, -0.2) is 18.6 Å². The first kappa shape index (κ1) is 29.3. The van der Waals surface area contributed by atoms with Crippen molar-refractivity contribution in [2.45, 2.75) is 18.2 Å². The number of hydrogen-bond acceptors (Lipinski definition) is 7. The molecule has 11 heteroatoms. The third-order valence-electron chi connectivity index (χ3n) is 5.56. The van der Waals surface area contributed by atoms with Crippen LogP contribution in [0.2, 0.25) is 5.02 Å². The van der Waals surface area contributed by atoms with Crippen LogP contribution in [0.1, 0.15) is 39.6 Å². The van der Waals surface area contributed by atoms with Crippen LogP contribution in [0.3, 0.4) is 0 Å². The minimum Gasteiger partial charge on any atom is -0.494 e. The number of nitrogens with zero attached hydrogens (tertiary/aromatic N) is 1. The summed E-state index contributed by atoms with van der Waals surface area (Å²) in [7, 11) is -3.80. The lowest BCUT2D eigenvalue weighted by Crippen LogP contribution is -2.18. The standard InChI is InChI=1S/C30H26ClN3O6S/c1-2-19-39-26-15-7-23(8-16-26)30(36)40-27-13-3-21(4-14-27)20-32-33-29(35)22-5-11-25(12-6-22)34-41(37,38)28-17-9-24(31)10-18-28/h3-18,20,34H,2,19H2,1H3,(H,33,35)/b32-20+. The van der Waals surface area contributed by atoms with E-state index in [2.05, 4.69) is 15.2 Å². The van der Waals surface area contributed by atoms with Crippen LogP contribution in [0.5, 0.6) is 11.5 Å². The molecule has 4 aromatic carbocycles. The van der Waals surface area contributed by atoms with Crippen molar-refractivity contribution in [2.75, 3.05) is 11.3 Å². The fraction of sp³-hybridized carbons (Fsp3) is 0.100. The van der Waals surface area contributed by atoms with E-state index >= 15 is 0 Å². The predicted octanol–water partition coefficient (Wildman–Crippen LogP) is 5.91. The monoisotopic (exact) mass is 591 g/mol. The van der Waals surface area contributed by atoms with Crippen molar-refractivity contribution in [1.29, 1.82) is 0 Å². The largest absolute Gasteiger partial charge is 0.494 e. The van der Waals surface area contributed by atoms with Crippen LogP contribution in [0, 0.1) is 0 Å². The number of carbonyl (C=O) groups is 2. The van der Waals surface area contributed by atoms with Gasteiger partial charge in [-0.2, -0.15) is 5.10 Å². The van der Waals surface area contributed by atoms with Gasteiger partial charge in [0.1, 0.15) is 11.5 Å². The fourth-order valence-corrected chi connectivity index (χ4v) is 4.63. The zero-order valence-electron chi connectivity index (χ0n) is 21.9. The Morgan fingerprint density at radius 1 is 0.829 bits per heavy atom. The maximum absolute atomic E-state index is 12.5. The molecule has 2 N–H and O–H groups in total. The first-order valence-electron chi connectivity index (χ1n) is 12.5. The van der Waals surface area contributed by atoms with Gasteiger partial charge in [0.15, 0.2) is 0 Å². The Morgan fingerprint density at radius 2 is 1.44 bits per heavy atom. The number of hydrogen-bond donors (Lipinski definition) is 2. The Labute approximate surface area is 242 Å². The molecule has 0 saturated carbocycles. The van der Waals surface area contributed by atoms with Gasteiger partial charge in [0.05, 0.1) is 23.3 Å². The van der Waals surface area contributed by atoms with Crippen molar-refractivity contribution in [3.63, 3.8) is 0 Å². The number of ether oxygens (including phenoxy) is 2. The first-order chi connectivity index (χ1) is 19.7. The molecule has 4 rings (SSSR count). The van der Waals surface area contributed by atoms with Gasteiger partial charge < -0.3 is 9.47 Å². The van der Waals surface area contributed by atoms with Crippen molar-refractivity contribution < 1.29 is 27.5 Å². The van der Waals surface area contributed by atoms with E-state index in [9.17, 15) is 18.0 Å². The maximum atomic E-state index is 12.5. The molecule has 0 heterocycles. The van der Waals surface area contributed by atoms with E-state index in [1.807, 2.05) is 6.92 Å². The molecule has 0 unspecified atom stereocenters. The normalized spacial score (nSPS) is 11.2. The summed E-state index contributed by atoms with van der Waals surface area (Å²) in [5.41, 5.74) is 4.05. The molecule has 0 fully saturated rings. The lowest BCUT2D eigenvalue weighted by atomic mass is 10.2. The SMILES string of the molecule is CCCOc1ccc(C(=O)Oc2ccc(/C=N/NC(=O)c3ccc(NS(=O)(=O)c4ccc(Cl)cc4)cc3)cc2)cc1. The average Bonchev–Trinajstić information content (AvgIpc) is 2.97.